The second-order valence-electron chi connectivity index (χ2n) is 3.55. The highest BCUT2D eigenvalue weighted by atomic mass is 32.1. The van der Waals surface area contributed by atoms with E-state index >= 15 is 0 Å². The smallest absolute Gasteiger partial charge is 0.124 e. The summed E-state index contributed by atoms with van der Waals surface area (Å²) in [5, 5.41) is 7.32. The lowest BCUT2D eigenvalue weighted by Gasteiger charge is -2.18. The Balaban J connectivity index is 2.39. The fourth-order valence-corrected chi connectivity index (χ4v) is 2.37. The summed E-state index contributed by atoms with van der Waals surface area (Å²) in [5.41, 5.74) is 1.11. The maximum Gasteiger partial charge on any atom is 0.124 e. The van der Waals surface area contributed by atoms with Gasteiger partial charge in [0.1, 0.15) is 5.75 Å². The number of rotatable bonds is 5. The second-order valence-corrected chi connectivity index (χ2v) is 4.37. The summed E-state index contributed by atoms with van der Waals surface area (Å²) in [6.07, 6.45) is 1.80. The number of aromatic nitrogens is 2. The minimum atomic E-state index is 0.0937. The molecule has 1 aromatic carbocycles. The molecule has 0 aliphatic rings. The molecule has 1 atom stereocenters. The van der Waals surface area contributed by atoms with Crippen LogP contribution in [0.3, 0.4) is 0 Å². The number of ether oxygens (including phenoxy) is 1. The van der Waals surface area contributed by atoms with Gasteiger partial charge in [-0.2, -0.15) is 0 Å². The molecule has 4 nitrogen and oxygen atoms in total. The van der Waals surface area contributed by atoms with Gasteiger partial charge < -0.3 is 10.1 Å². The molecule has 2 rings (SSSR count). The Kier molecular flexibility index (Phi) is 4.06. The summed E-state index contributed by atoms with van der Waals surface area (Å²) >= 11 is 1.41. The van der Waals surface area contributed by atoms with Gasteiger partial charge in [0.15, 0.2) is 0 Å². The lowest BCUT2D eigenvalue weighted by atomic mass is 10.0. The molecule has 2 aromatic rings. The maximum absolute atomic E-state index is 5.39. The maximum atomic E-state index is 5.39. The van der Waals surface area contributed by atoms with E-state index in [0.29, 0.717) is 0 Å². The van der Waals surface area contributed by atoms with Crippen LogP contribution >= 0.6 is 11.5 Å². The van der Waals surface area contributed by atoms with E-state index < -0.39 is 0 Å². The molecule has 0 aliphatic carbocycles. The van der Waals surface area contributed by atoms with Crippen molar-refractivity contribution in [2.75, 3.05) is 13.7 Å². The molecule has 0 radical (unpaired) electrons. The second kappa shape index (κ2) is 5.75. The molecule has 1 heterocycles. The number of nitrogens with zero attached hydrogens (tertiary/aromatic N) is 2. The summed E-state index contributed by atoms with van der Waals surface area (Å²) in [6, 6.07) is 8.10. The molecule has 0 fully saturated rings. The first-order chi connectivity index (χ1) is 8.36. The van der Waals surface area contributed by atoms with E-state index in [1.165, 1.54) is 11.5 Å². The van der Waals surface area contributed by atoms with Gasteiger partial charge in [0, 0.05) is 5.56 Å². The molecule has 17 heavy (non-hydrogen) atoms. The molecule has 0 saturated carbocycles. The standard InChI is InChI=1S/C12H15N3OS/c1-3-13-12(11-8-14-15-17-11)9-6-4-5-7-10(9)16-2/h4-8,12-13H,3H2,1-2H3. The Labute approximate surface area is 105 Å². The van der Waals surface area contributed by atoms with Crippen LogP contribution in [-0.2, 0) is 0 Å². The van der Waals surface area contributed by atoms with E-state index in [4.69, 9.17) is 4.74 Å². The SMILES string of the molecule is CCNC(c1cnns1)c1ccccc1OC. The van der Waals surface area contributed by atoms with Gasteiger partial charge in [-0.1, -0.05) is 29.6 Å². The first-order valence-corrected chi connectivity index (χ1v) is 6.27. The van der Waals surface area contributed by atoms with Gasteiger partial charge in [0.05, 0.1) is 24.2 Å². The van der Waals surface area contributed by atoms with E-state index in [-0.39, 0.29) is 6.04 Å². The zero-order chi connectivity index (χ0) is 12.1. The summed E-state index contributed by atoms with van der Waals surface area (Å²) in [7, 11) is 1.69. The fraction of sp³-hybridized carbons (Fsp3) is 0.333. The number of methoxy groups -OCH3 is 1. The minimum absolute atomic E-state index is 0.0937. The van der Waals surface area contributed by atoms with Crippen LogP contribution in [0, 0.1) is 0 Å². The Morgan fingerprint density at radius 3 is 2.88 bits per heavy atom. The molecule has 1 unspecified atom stereocenters. The van der Waals surface area contributed by atoms with Crippen LogP contribution in [0.4, 0.5) is 0 Å². The average molecular weight is 249 g/mol. The predicted octanol–water partition coefficient (Wildman–Crippen LogP) is 2.25. The lowest BCUT2D eigenvalue weighted by molar-refractivity contribution is 0.404. The van der Waals surface area contributed by atoms with Crippen molar-refractivity contribution in [1.82, 2.24) is 14.9 Å². The molecule has 0 saturated heterocycles. The van der Waals surface area contributed by atoms with Crippen LogP contribution in [-0.4, -0.2) is 23.2 Å². The van der Waals surface area contributed by atoms with Gasteiger partial charge in [-0.3, -0.25) is 0 Å². The normalized spacial score (nSPS) is 12.4. The van der Waals surface area contributed by atoms with Crippen molar-refractivity contribution in [3.63, 3.8) is 0 Å². The zero-order valence-electron chi connectivity index (χ0n) is 9.88. The number of hydrogen-bond donors (Lipinski definition) is 1. The molecule has 5 heteroatoms. The van der Waals surface area contributed by atoms with Crippen molar-refractivity contribution in [3.05, 3.63) is 40.9 Å². The molecule has 0 spiro atoms. The Morgan fingerprint density at radius 1 is 1.41 bits per heavy atom. The molecular formula is C12H15N3OS. The van der Waals surface area contributed by atoms with Gasteiger partial charge in [-0.15, -0.1) is 5.10 Å². The molecule has 0 aliphatic heterocycles. The molecule has 90 valence electrons. The van der Waals surface area contributed by atoms with Crippen molar-refractivity contribution in [1.29, 1.82) is 0 Å². The average Bonchev–Trinajstić information content (AvgIpc) is 2.89. The van der Waals surface area contributed by atoms with Gasteiger partial charge >= 0.3 is 0 Å². The highest BCUT2D eigenvalue weighted by Crippen LogP contribution is 2.30. The Hall–Kier alpha value is -1.46. The van der Waals surface area contributed by atoms with Crippen LogP contribution in [0.5, 0.6) is 5.75 Å². The van der Waals surface area contributed by atoms with Crippen molar-refractivity contribution in [3.8, 4) is 5.75 Å². The lowest BCUT2D eigenvalue weighted by Crippen LogP contribution is -2.21. The summed E-state index contributed by atoms with van der Waals surface area (Å²) in [4.78, 5) is 1.09. The quantitative estimate of drug-likeness (QED) is 0.883. The fourth-order valence-electron chi connectivity index (χ4n) is 1.77. The predicted molar refractivity (Wildman–Crippen MR) is 68.4 cm³/mol. The van der Waals surface area contributed by atoms with Crippen molar-refractivity contribution < 1.29 is 4.74 Å². The van der Waals surface area contributed by atoms with Crippen LogP contribution in [0.1, 0.15) is 23.4 Å². The third kappa shape index (κ3) is 2.62. The first kappa shape index (κ1) is 12.0. The van der Waals surface area contributed by atoms with Gasteiger partial charge in [0.25, 0.3) is 0 Å². The highest BCUT2D eigenvalue weighted by Gasteiger charge is 2.18. The number of hydrogen-bond acceptors (Lipinski definition) is 5. The third-order valence-corrected chi connectivity index (χ3v) is 3.25. The van der Waals surface area contributed by atoms with Gasteiger partial charge in [0.2, 0.25) is 0 Å². The minimum Gasteiger partial charge on any atom is -0.496 e. The van der Waals surface area contributed by atoms with E-state index in [1.807, 2.05) is 18.2 Å². The molecular weight excluding hydrogens is 234 g/mol. The van der Waals surface area contributed by atoms with Gasteiger partial charge in [-0.05, 0) is 24.1 Å². The zero-order valence-corrected chi connectivity index (χ0v) is 10.7. The van der Waals surface area contributed by atoms with Crippen LogP contribution in [0.15, 0.2) is 30.5 Å². The molecule has 1 aromatic heterocycles. The topological polar surface area (TPSA) is 47.0 Å². The summed E-state index contributed by atoms with van der Waals surface area (Å²) in [5.74, 6) is 0.881. The van der Waals surface area contributed by atoms with E-state index in [0.717, 1.165) is 22.7 Å². The van der Waals surface area contributed by atoms with Crippen molar-refractivity contribution in [2.45, 2.75) is 13.0 Å². The Bertz CT molecular complexity index is 459. The van der Waals surface area contributed by atoms with E-state index in [2.05, 4.69) is 27.9 Å². The van der Waals surface area contributed by atoms with Crippen LogP contribution in [0.2, 0.25) is 0 Å². The Morgan fingerprint density at radius 2 is 2.24 bits per heavy atom. The van der Waals surface area contributed by atoms with Crippen LogP contribution < -0.4 is 10.1 Å². The largest absolute Gasteiger partial charge is 0.496 e. The monoisotopic (exact) mass is 249 g/mol. The van der Waals surface area contributed by atoms with E-state index in [1.54, 1.807) is 13.3 Å². The van der Waals surface area contributed by atoms with Crippen LogP contribution in [0.25, 0.3) is 0 Å². The molecule has 0 bridgehead atoms. The highest BCUT2D eigenvalue weighted by molar-refractivity contribution is 7.05. The first-order valence-electron chi connectivity index (χ1n) is 5.50. The van der Waals surface area contributed by atoms with Crippen molar-refractivity contribution >= 4 is 11.5 Å². The third-order valence-electron chi connectivity index (χ3n) is 2.52. The summed E-state index contributed by atoms with van der Waals surface area (Å²) in [6.45, 7) is 2.96. The molecule has 0 amide bonds. The van der Waals surface area contributed by atoms with E-state index in [9.17, 15) is 0 Å². The van der Waals surface area contributed by atoms with Gasteiger partial charge in [-0.25, -0.2) is 0 Å². The summed E-state index contributed by atoms with van der Waals surface area (Å²) < 4.78 is 9.31. The number of benzene rings is 1. The van der Waals surface area contributed by atoms with Crippen molar-refractivity contribution in [2.24, 2.45) is 0 Å². The molecule has 1 N–H and O–H groups in total. The number of nitrogens with one attached hydrogen (secondary N) is 1. The number of para-hydroxylation sites is 1.